The highest BCUT2D eigenvalue weighted by molar-refractivity contribution is 5.96. The Morgan fingerprint density at radius 3 is 2.72 bits per heavy atom. The number of carbonyl (C=O) groups is 2. The third-order valence-corrected chi connectivity index (χ3v) is 8.19. The molecule has 1 unspecified atom stereocenters. The number of nitrogens with one attached hydrogen (secondary N) is 4. The summed E-state index contributed by atoms with van der Waals surface area (Å²) in [7, 11) is 0. The molecule has 1 aromatic carbocycles. The van der Waals surface area contributed by atoms with E-state index in [9.17, 15) is 19.8 Å². The second-order valence-corrected chi connectivity index (χ2v) is 10.4. The number of aryl methyl sites for hydroxylation is 1. The molecule has 1 saturated heterocycles. The van der Waals surface area contributed by atoms with Gasteiger partial charge in [-0.05, 0) is 55.0 Å². The minimum Gasteiger partial charge on any atom is -0.370 e. The predicted octanol–water partition coefficient (Wildman–Crippen LogP) is -2.53. The van der Waals surface area contributed by atoms with E-state index >= 15 is 0 Å². The summed E-state index contributed by atoms with van der Waals surface area (Å²) in [4.78, 5) is 34.6. The Morgan fingerprint density at radius 1 is 1.10 bits per heavy atom. The largest absolute Gasteiger partial charge is 0.370 e. The first kappa shape index (κ1) is 25.1. The van der Waals surface area contributed by atoms with Crippen molar-refractivity contribution in [2.45, 2.75) is 55.3 Å². The number of aliphatic imine (C=N–C) groups is 1. The highest BCUT2D eigenvalue weighted by Gasteiger charge is 2.75. The van der Waals surface area contributed by atoms with E-state index in [1.807, 2.05) is 12.1 Å². The molecule has 4 atom stereocenters. The van der Waals surface area contributed by atoms with Gasteiger partial charge < -0.3 is 31.9 Å². The van der Waals surface area contributed by atoms with Gasteiger partial charge in [-0.1, -0.05) is 18.2 Å². The van der Waals surface area contributed by atoms with Crippen molar-refractivity contribution in [2.75, 3.05) is 13.1 Å². The molecule has 13 heteroatoms. The van der Waals surface area contributed by atoms with Crippen molar-refractivity contribution in [1.29, 1.82) is 0 Å². The van der Waals surface area contributed by atoms with Gasteiger partial charge in [0.2, 0.25) is 11.4 Å². The second kappa shape index (κ2) is 9.20. The van der Waals surface area contributed by atoms with Gasteiger partial charge in [-0.3, -0.25) is 25.6 Å². The molecule has 1 fully saturated rings. The quantitative estimate of drug-likeness (QED) is 0.150. The molecular formula is C26H32N9O4+. The van der Waals surface area contributed by atoms with Gasteiger partial charge in [0.25, 0.3) is 11.8 Å². The first-order valence-electron chi connectivity index (χ1n) is 13.1. The minimum absolute atomic E-state index is 0.0147. The van der Waals surface area contributed by atoms with Crippen molar-refractivity contribution in [3.63, 3.8) is 0 Å². The van der Waals surface area contributed by atoms with Crippen LogP contribution in [0.25, 0.3) is 0 Å². The zero-order chi connectivity index (χ0) is 27.4. The Labute approximate surface area is 224 Å². The molecule has 0 saturated carbocycles. The number of carbonyl (C=O) groups excluding carboxylic acids is 2. The van der Waals surface area contributed by atoms with Crippen LogP contribution in [0.2, 0.25) is 0 Å². The lowest BCUT2D eigenvalue weighted by Crippen LogP contribution is -2.79. The number of rotatable bonds is 5. The van der Waals surface area contributed by atoms with Crippen molar-refractivity contribution in [2.24, 2.45) is 16.5 Å². The SMILES string of the molecule is NC1=N[C@H]2[C@H](CNC(=O)c3ccccn3)NC(N)=[N+]3CC(NC(=O)c4cccc5c4CCCC5)C(O)(O)[C@]23N1. The average Bonchev–Trinajstić information content (AvgIpc) is 3.41. The second-order valence-electron chi connectivity index (χ2n) is 10.4. The van der Waals surface area contributed by atoms with Crippen molar-refractivity contribution < 1.29 is 24.4 Å². The number of nitrogens with zero attached hydrogens (tertiary/aromatic N) is 3. The maximum absolute atomic E-state index is 13.4. The summed E-state index contributed by atoms with van der Waals surface area (Å²) >= 11 is 0. The fourth-order valence-corrected chi connectivity index (χ4v) is 6.35. The van der Waals surface area contributed by atoms with Crippen LogP contribution >= 0.6 is 0 Å². The molecule has 13 nitrogen and oxygen atoms in total. The Kier molecular flexibility index (Phi) is 5.92. The summed E-state index contributed by atoms with van der Waals surface area (Å²) in [5.74, 6) is -3.22. The van der Waals surface area contributed by atoms with E-state index in [-0.39, 0.29) is 30.7 Å². The number of hydrogen-bond donors (Lipinski definition) is 8. The van der Waals surface area contributed by atoms with Crippen LogP contribution in [0.5, 0.6) is 0 Å². The maximum Gasteiger partial charge on any atom is 0.346 e. The van der Waals surface area contributed by atoms with Crippen LogP contribution < -0.4 is 32.7 Å². The summed E-state index contributed by atoms with van der Waals surface area (Å²) in [6.45, 7) is 0.0179. The van der Waals surface area contributed by atoms with Crippen LogP contribution in [0.1, 0.15) is 44.8 Å². The maximum atomic E-state index is 13.4. The van der Waals surface area contributed by atoms with Gasteiger partial charge in [-0.25, -0.2) is 9.57 Å². The lowest BCUT2D eigenvalue weighted by atomic mass is 9.85. The molecule has 0 radical (unpaired) electrons. The lowest BCUT2D eigenvalue weighted by molar-refractivity contribution is -0.623. The van der Waals surface area contributed by atoms with E-state index in [4.69, 9.17) is 11.5 Å². The minimum atomic E-state index is -2.54. The Hall–Kier alpha value is -4.23. The Bertz CT molecular complexity index is 1390. The molecule has 1 aliphatic carbocycles. The number of hydrogen-bond acceptors (Lipinski definition) is 10. The Balaban J connectivity index is 1.27. The standard InChI is InChI=1S/C26H31N9O4/c27-23-33-20-18(12-30-22(37)17-10-3-4-11-29-17)31-24(28)35-13-19(26(38,39)25(20,35)34-23)32-21(36)16-9-5-7-14-6-1-2-8-15(14)16/h3-5,7,9-11,18-20,38-39H,1-2,6,8,12-13H2,(H7,27,28,30,31,32,33,34,36,37)/p+1/t18-,19?,20-,25-/m0/s1. The van der Waals surface area contributed by atoms with Crippen molar-refractivity contribution in [1.82, 2.24) is 26.3 Å². The zero-order valence-electron chi connectivity index (χ0n) is 21.2. The van der Waals surface area contributed by atoms with Gasteiger partial charge >= 0.3 is 5.96 Å². The summed E-state index contributed by atoms with van der Waals surface area (Å²) < 4.78 is 1.53. The fourth-order valence-electron chi connectivity index (χ4n) is 6.35. The molecule has 1 spiro atoms. The molecule has 4 aliphatic rings. The van der Waals surface area contributed by atoms with Gasteiger partial charge in [0, 0.05) is 11.8 Å². The van der Waals surface area contributed by atoms with E-state index in [0.717, 1.165) is 36.8 Å². The predicted molar refractivity (Wildman–Crippen MR) is 141 cm³/mol. The molecule has 204 valence electrons. The number of fused-ring (bicyclic) bond motifs is 1. The van der Waals surface area contributed by atoms with Crippen molar-refractivity contribution in [3.8, 4) is 0 Å². The molecule has 1 aromatic heterocycles. The first-order valence-corrected chi connectivity index (χ1v) is 13.1. The first-order chi connectivity index (χ1) is 18.7. The molecule has 4 heterocycles. The van der Waals surface area contributed by atoms with Crippen LogP contribution in [-0.2, 0) is 12.8 Å². The number of benzene rings is 1. The van der Waals surface area contributed by atoms with Gasteiger partial charge in [0.15, 0.2) is 5.96 Å². The summed E-state index contributed by atoms with van der Waals surface area (Å²) in [6.07, 6.45) is 5.31. The number of aromatic nitrogens is 1. The third kappa shape index (κ3) is 3.88. The molecule has 10 N–H and O–H groups in total. The van der Waals surface area contributed by atoms with E-state index in [1.165, 1.54) is 10.8 Å². The van der Waals surface area contributed by atoms with Gasteiger partial charge in [-0.15, -0.1) is 0 Å². The van der Waals surface area contributed by atoms with Crippen LogP contribution in [0, 0.1) is 0 Å². The monoisotopic (exact) mass is 534 g/mol. The molecule has 39 heavy (non-hydrogen) atoms. The van der Waals surface area contributed by atoms with Crippen LogP contribution in [0.4, 0.5) is 0 Å². The number of pyridine rings is 1. The Morgan fingerprint density at radius 2 is 1.92 bits per heavy atom. The van der Waals surface area contributed by atoms with Gasteiger partial charge in [-0.2, -0.15) is 0 Å². The highest BCUT2D eigenvalue weighted by Crippen LogP contribution is 2.41. The molecule has 0 bridgehead atoms. The van der Waals surface area contributed by atoms with Crippen LogP contribution in [0.3, 0.4) is 0 Å². The smallest absolute Gasteiger partial charge is 0.346 e. The molecule has 2 amide bonds. The van der Waals surface area contributed by atoms with Gasteiger partial charge in [0.05, 0.1) is 13.1 Å². The fraction of sp³-hybridized carbons (Fsp3) is 0.423. The number of amides is 2. The van der Waals surface area contributed by atoms with Gasteiger partial charge in [0.1, 0.15) is 23.8 Å². The van der Waals surface area contributed by atoms with E-state index < -0.39 is 41.4 Å². The highest BCUT2D eigenvalue weighted by atomic mass is 16.5. The third-order valence-electron chi connectivity index (χ3n) is 8.19. The summed E-state index contributed by atoms with van der Waals surface area (Å²) in [6, 6.07) is 7.97. The van der Waals surface area contributed by atoms with Crippen molar-refractivity contribution >= 4 is 23.7 Å². The summed E-state index contributed by atoms with van der Waals surface area (Å²) in [5, 5.41) is 35.0. The normalized spacial score (nSPS) is 28.3. The van der Waals surface area contributed by atoms with Crippen LogP contribution in [-0.4, -0.2) is 86.2 Å². The average molecular weight is 535 g/mol. The number of guanidine groups is 2. The van der Waals surface area contributed by atoms with E-state index in [2.05, 4.69) is 31.2 Å². The molecule has 3 aliphatic heterocycles. The summed E-state index contributed by atoms with van der Waals surface area (Å²) in [5.41, 5.74) is 13.7. The number of aliphatic hydroxyl groups is 2. The molecule has 6 rings (SSSR count). The van der Waals surface area contributed by atoms with E-state index in [0.29, 0.717) is 5.56 Å². The van der Waals surface area contributed by atoms with Crippen molar-refractivity contribution in [3.05, 3.63) is 65.0 Å². The van der Waals surface area contributed by atoms with E-state index in [1.54, 1.807) is 24.3 Å². The number of nitrogens with two attached hydrogens (primary N) is 2. The van der Waals surface area contributed by atoms with Crippen LogP contribution in [0.15, 0.2) is 47.6 Å². The lowest BCUT2D eigenvalue weighted by Gasteiger charge is -2.43. The molecule has 2 aromatic rings. The molecular weight excluding hydrogens is 502 g/mol. The topological polar surface area (TPSA) is 203 Å². The zero-order valence-corrected chi connectivity index (χ0v) is 21.2.